The predicted octanol–water partition coefficient (Wildman–Crippen LogP) is 7.51. The molecule has 0 saturated carbocycles. The van der Waals surface area contributed by atoms with Crippen molar-refractivity contribution in [3.8, 4) is 0 Å². The summed E-state index contributed by atoms with van der Waals surface area (Å²) in [6, 6.07) is 0. The summed E-state index contributed by atoms with van der Waals surface area (Å²) < 4.78 is 0. The van der Waals surface area contributed by atoms with Crippen LogP contribution in [-0.4, -0.2) is 48.8 Å². The number of rotatable bonds is 19. The zero-order valence-electron chi connectivity index (χ0n) is 18.9. The van der Waals surface area contributed by atoms with Crippen molar-refractivity contribution in [3.63, 3.8) is 0 Å². The zero-order chi connectivity index (χ0) is 17.7. The second-order valence-electron chi connectivity index (χ2n) is 7.14. The molecule has 25 heavy (non-hydrogen) atoms. The summed E-state index contributed by atoms with van der Waals surface area (Å²) in [6.07, 6.45) is 27.1. The first-order valence-corrected chi connectivity index (χ1v) is 10.6. The van der Waals surface area contributed by atoms with Crippen molar-refractivity contribution in [2.45, 2.75) is 122 Å². The van der Waals surface area contributed by atoms with Crippen molar-refractivity contribution in [1.29, 1.82) is 0 Å². The van der Waals surface area contributed by atoms with Crippen LogP contribution in [0.1, 0.15) is 125 Å². The number of carboxylic acid groups (broad SMARTS) is 1. The summed E-state index contributed by atoms with van der Waals surface area (Å²) >= 11 is 0. The Labute approximate surface area is 190 Å². The van der Waals surface area contributed by atoms with Gasteiger partial charge in [0.25, 0.3) is 0 Å². The van der Waals surface area contributed by atoms with Crippen LogP contribution in [0.15, 0.2) is 12.2 Å². The van der Waals surface area contributed by atoms with Crippen LogP contribution in [0.25, 0.3) is 0 Å². The van der Waals surface area contributed by atoms with Gasteiger partial charge in [0.05, 0.1) is 0 Å². The molecule has 2 nitrogen and oxygen atoms in total. The Bertz CT molecular complexity index is 300. The average molecular weight is 381 g/mol. The van der Waals surface area contributed by atoms with E-state index >= 15 is 0 Å². The van der Waals surface area contributed by atoms with Gasteiger partial charge in [-0.05, 0) is 32.1 Å². The quantitative estimate of drug-likeness (QED) is 0.143. The average Bonchev–Trinajstić information content (AvgIpc) is 2.56. The van der Waals surface area contributed by atoms with E-state index in [2.05, 4.69) is 19.1 Å². The van der Waals surface area contributed by atoms with Crippen molar-refractivity contribution < 1.29 is 12.8 Å². The van der Waals surface area contributed by atoms with Crippen LogP contribution in [0.3, 0.4) is 0 Å². The molecule has 146 valence electrons. The van der Waals surface area contributed by atoms with E-state index in [4.69, 9.17) is 5.11 Å². The van der Waals surface area contributed by atoms with E-state index in [1.807, 2.05) is 0 Å². The molecule has 0 aliphatic carbocycles. The Morgan fingerprint density at radius 3 is 1.44 bits per heavy atom. The van der Waals surface area contributed by atoms with E-state index in [1.165, 1.54) is 96.3 Å². The molecule has 0 fully saturated rings. The minimum Gasteiger partial charge on any atom is -1.00 e. The molecular weight excluding hydrogens is 336 g/mol. The minimum absolute atomic E-state index is 0. The fourth-order valence-corrected chi connectivity index (χ4v) is 3.05. The molecule has 0 atom stereocenters. The largest absolute Gasteiger partial charge is 2.00 e. The fraction of sp³-hybridized carbons (Fsp3) is 0.864. The SMILES string of the molecule is CCCCCCCC/C=C\CCCCCCCCCCCC(=O)O.[Ca+2].[H-].[H-]. The van der Waals surface area contributed by atoms with Gasteiger partial charge in [0.1, 0.15) is 0 Å². The van der Waals surface area contributed by atoms with E-state index in [9.17, 15) is 4.79 Å². The van der Waals surface area contributed by atoms with E-state index < -0.39 is 5.97 Å². The second-order valence-corrected chi connectivity index (χ2v) is 7.14. The summed E-state index contributed by atoms with van der Waals surface area (Å²) in [7, 11) is 0. The number of allylic oxidation sites excluding steroid dienone is 2. The number of carbonyl (C=O) groups is 1. The summed E-state index contributed by atoms with van der Waals surface area (Å²) in [5.41, 5.74) is 0. The van der Waals surface area contributed by atoms with E-state index in [0.717, 1.165) is 12.8 Å². The molecule has 0 unspecified atom stereocenters. The fourth-order valence-electron chi connectivity index (χ4n) is 3.05. The molecule has 0 rings (SSSR count). The van der Waals surface area contributed by atoms with Crippen LogP contribution in [0.2, 0.25) is 0 Å². The van der Waals surface area contributed by atoms with Gasteiger partial charge < -0.3 is 7.96 Å². The molecule has 0 saturated heterocycles. The summed E-state index contributed by atoms with van der Waals surface area (Å²) in [4.78, 5) is 10.4. The monoisotopic (exact) mass is 380 g/mol. The third-order valence-corrected chi connectivity index (χ3v) is 4.65. The van der Waals surface area contributed by atoms with Gasteiger partial charge in [-0.25, -0.2) is 0 Å². The standard InChI is InChI=1S/C22H42O2.Ca.2H/c1-2-3-4-5-6-7-8-9-10-11-12-13-14-15-16-17-18-19-20-21-22(23)24;;;/h9-10H,2-8,11-21H2,1H3,(H,23,24);;;/q;+2;2*-1/b10-9-;;;. The molecule has 3 heteroatoms. The van der Waals surface area contributed by atoms with Gasteiger partial charge in [0.2, 0.25) is 0 Å². The van der Waals surface area contributed by atoms with Crippen LogP contribution in [0.5, 0.6) is 0 Å². The van der Waals surface area contributed by atoms with Crippen LogP contribution < -0.4 is 0 Å². The first-order chi connectivity index (χ1) is 11.8. The molecule has 0 heterocycles. The third kappa shape index (κ3) is 26.8. The molecule has 0 aromatic heterocycles. The van der Waals surface area contributed by atoms with E-state index in [-0.39, 0.29) is 40.6 Å². The predicted molar refractivity (Wildman–Crippen MR) is 114 cm³/mol. The van der Waals surface area contributed by atoms with Gasteiger partial charge in [0.15, 0.2) is 0 Å². The van der Waals surface area contributed by atoms with Gasteiger partial charge in [-0.2, -0.15) is 0 Å². The summed E-state index contributed by atoms with van der Waals surface area (Å²) in [5, 5.41) is 8.55. The van der Waals surface area contributed by atoms with Crippen molar-refractivity contribution in [3.05, 3.63) is 12.2 Å². The summed E-state index contributed by atoms with van der Waals surface area (Å²) in [6.45, 7) is 2.27. The molecule has 0 aromatic rings. The maximum Gasteiger partial charge on any atom is 2.00 e. The molecule has 1 N–H and O–H groups in total. The Hall–Kier alpha value is 0.470. The molecule has 0 amide bonds. The Balaban J connectivity index is -0.000000882. The Kier molecular flexibility index (Phi) is 27.1. The maximum absolute atomic E-state index is 10.4. The number of hydrogen-bond donors (Lipinski definition) is 1. The normalized spacial score (nSPS) is 10.9. The van der Waals surface area contributed by atoms with Crippen LogP contribution in [0, 0.1) is 0 Å². The topological polar surface area (TPSA) is 37.3 Å². The van der Waals surface area contributed by atoms with Crippen LogP contribution in [-0.2, 0) is 4.79 Å². The number of unbranched alkanes of at least 4 members (excludes halogenated alkanes) is 15. The second kappa shape index (κ2) is 24.5. The molecule has 0 aliphatic heterocycles. The van der Waals surface area contributed by atoms with Gasteiger partial charge in [-0.1, -0.05) is 96.1 Å². The van der Waals surface area contributed by atoms with Crippen LogP contribution in [0.4, 0.5) is 0 Å². The summed E-state index contributed by atoms with van der Waals surface area (Å²) in [5.74, 6) is -0.656. The molecular formula is C22H44CaO2. The first kappa shape index (κ1) is 27.7. The third-order valence-electron chi connectivity index (χ3n) is 4.65. The molecule has 0 spiro atoms. The number of aliphatic carboxylic acids is 1. The van der Waals surface area contributed by atoms with Gasteiger partial charge in [0, 0.05) is 6.42 Å². The van der Waals surface area contributed by atoms with Crippen LogP contribution >= 0.6 is 0 Å². The first-order valence-electron chi connectivity index (χ1n) is 10.6. The smallest absolute Gasteiger partial charge is 1.00 e. The van der Waals surface area contributed by atoms with E-state index in [0.29, 0.717) is 6.42 Å². The van der Waals surface area contributed by atoms with Crippen molar-refractivity contribution in [2.24, 2.45) is 0 Å². The van der Waals surface area contributed by atoms with Gasteiger partial charge in [-0.3, -0.25) is 4.79 Å². The Morgan fingerprint density at radius 2 is 1.04 bits per heavy atom. The number of hydrogen-bond acceptors (Lipinski definition) is 1. The van der Waals surface area contributed by atoms with Gasteiger partial charge in [-0.15, -0.1) is 0 Å². The molecule has 0 bridgehead atoms. The molecule has 0 aromatic carbocycles. The minimum atomic E-state index is -0.656. The molecule has 0 aliphatic rings. The van der Waals surface area contributed by atoms with Crippen molar-refractivity contribution in [2.75, 3.05) is 0 Å². The maximum atomic E-state index is 10.4. The van der Waals surface area contributed by atoms with Crippen molar-refractivity contribution >= 4 is 43.7 Å². The van der Waals surface area contributed by atoms with Crippen molar-refractivity contribution in [1.82, 2.24) is 0 Å². The number of carboxylic acids is 1. The Morgan fingerprint density at radius 1 is 0.680 bits per heavy atom. The zero-order valence-corrected chi connectivity index (χ0v) is 19.2. The molecule has 0 radical (unpaired) electrons. The van der Waals surface area contributed by atoms with E-state index in [1.54, 1.807) is 0 Å². The van der Waals surface area contributed by atoms with Gasteiger partial charge >= 0.3 is 43.7 Å².